The molecule has 32 heavy (non-hydrogen) atoms. The number of hydrogen-bond acceptors (Lipinski definition) is 8. The van der Waals surface area contributed by atoms with Crippen LogP contribution in [0.3, 0.4) is 0 Å². The number of benzene rings is 1. The van der Waals surface area contributed by atoms with Gasteiger partial charge in [-0.25, -0.2) is 4.98 Å². The lowest BCUT2D eigenvalue weighted by Crippen LogP contribution is -2.03. The van der Waals surface area contributed by atoms with Gasteiger partial charge in [0, 0.05) is 31.3 Å². The van der Waals surface area contributed by atoms with Crippen LogP contribution in [0.5, 0.6) is 5.75 Å². The number of pyridine rings is 2. The highest BCUT2D eigenvalue weighted by Crippen LogP contribution is 2.29. The number of thiazole rings is 1. The van der Waals surface area contributed by atoms with Gasteiger partial charge in [-0.05, 0) is 49.7 Å². The lowest BCUT2D eigenvalue weighted by molar-refractivity contribution is 0.146. The first-order valence-corrected chi connectivity index (χ1v) is 11.1. The van der Waals surface area contributed by atoms with Gasteiger partial charge in [0.1, 0.15) is 12.4 Å². The highest BCUT2D eigenvalue weighted by molar-refractivity contribution is 7.22. The number of nitrogens with zero attached hydrogens (tertiary/aromatic N) is 4. The van der Waals surface area contributed by atoms with E-state index in [0.29, 0.717) is 13.2 Å². The van der Waals surface area contributed by atoms with Gasteiger partial charge in [-0.3, -0.25) is 15.4 Å². The second-order valence-electron chi connectivity index (χ2n) is 6.69. The Morgan fingerprint density at radius 1 is 1.03 bits per heavy atom. The Bertz CT molecular complexity index is 1120. The van der Waals surface area contributed by atoms with Gasteiger partial charge in [0.2, 0.25) is 5.13 Å². The third kappa shape index (κ3) is 7.11. The molecule has 1 N–H and O–H groups in total. The molecule has 8 heteroatoms. The molecule has 3 aromatic heterocycles. The van der Waals surface area contributed by atoms with Crippen molar-refractivity contribution >= 4 is 32.4 Å². The van der Waals surface area contributed by atoms with E-state index in [0.717, 1.165) is 44.6 Å². The molecule has 166 valence electrons. The van der Waals surface area contributed by atoms with Crippen molar-refractivity contribution in [2.45, 2.75) is 20.3 Å². The average molecular weight is 450 g/mol. The number of ether oxygens (including phenoxy) is 2. The molecule has 0 radical (unpaired) electrons. The fourth-order valence-electron chi connectivity index (χ4n) is 2.66. The third-order valence-electron chi connectivity index (χ3n) is 4.36. The summed E-state index contributed by atoms with van der Waals surface area (Å²) in [4.78, 5) is 12.9. The summed E-state index contributed by atoms with van der Waals surface area (Å²) in [5, 5.41) is 5.08. The van der Waals surface area contributed by atoms with E-state index in [-0.39, 0.29) is 0 Å². The molecule has 0 saturated carbocycles. The SMILES string of the molecule is CCc1ccccn1.COCCOc1ccc2sc(N/N=C(\C)c3ccccn3)nc2c1. The van der Waals surface area contributed by atoms with E-state index in [2.05, 4.69) is 32.4 Å². The lowest BCUT2D eigenvalue weighted by atomic mass is 10.3. The highest BCUT2D eigenvalue weighted by Gasteiger charge is 2.05. The number of hydrogen-bond donors (Lipinski definition) is 1. The minimum Gasteiger partial charge on any atom is -0.491 e. The third-order valence-corrected chi connectivity index (χ3v) is 5.30. The maximum atomic E-state index is 5.60. The fraction of sp³-hybridized carbons (Fsp3) is 0.250. The Hall–Kier alpha value is -3.36. The number of aromatic nitrogens is 3. The van der Waals surface area contributed by atoms with E-state index < -0.39 is 0 Å². The first-order chi connectivity index (χ1) is 15.7. The zero-order valence-electron chi connectivity index (χ0n) is 18.5. The quantitative estimate of drug-likeness (QED) is 0.226. The van der Waals surface area contributed by atoms with Crippen LogP contribution in [0, 0.1) is 0 Å². The first-order valence-electron chi connectivity index (χ1n) is 10.3. The Kier molecular flexibility index (Phi) is 9.09. The van der Waals surface area contributed by atoms with E-state index in [1.54, 1.807) is 24.6 Å². The number of aryl methyl sites for hydroxylation is 1. The van der Waals surface area contributed by atoms with Crippen molar-refractivity contribution in [1.29, 1.82) is 0 Å². The molecule has 7 nitrogen and oxygen atoms in total. The molecular formula is C24H27N5O2S. The number of nitrogens with one attached hydrogen (secondary N) is 1. The van der Waals surface area contributed by atoms with Gasteiger partial charge < -0.3 is 9.47 Å². The summed E-state index contributed by atoms with van der Waals surface area (Å²) in [6.07, 6.45) is 4.59. The Morgan fingerprint density at radius 3 is 2.50 bits per heavy atom. The molecule has 4 aromatic rings. The molecule has 3 heterocycles. The van der Waals surface area contributed by atoms with Gasteiger partial charge in [0.25, 0.3) is 0 Å². The van der Waals surface area contributed by atoms with Gasteiger partial charge >= 0.3 is 0 Å². The topological polar surface area (TPSA) is 81.5 Å². The van der Waals surface area contributed by atoms with Crippen LogP contribution in [0.1, 0.15) is 25.2 Å². The predicted molar refractivity (Wildman–Crippen MR) is 131 cm³/mol. The Labute approximate surface area is 192 Å². The minimum atomic E-state index is 0.519. The van der Waals surface area contributed by atoms with Crippen molar-refractivity contribution in [3.63, 3.8) is 0 Å². The Balaban J connectivity index is 0.000000305. The van der Waals surface area contributed by atoms with Gasteiger partial charge in [0.15, 0.2) is 0 Å². The van der Waals surface area contributed by atoms with Gasteiger partial charge in [-0.2, -0.15) is 5.10 Å². The zero-order chi connectivity index (χ0) is 22.6. The smallest absolute Gasteiger partial charge is 0.204 e. The van der Waals surface area contributed by atoms with Crippen LogP contribution in [-0.4, -0.2) is 41.0 Å². The van der Waals surface area contributed by atoms with E-state index in [1.165, 1.54) is 0 Å². The molecule has 4 rings (SSSR count). The summed E-state index contributed by atoms with van der Waals surface area (Å²) >= 11 is 1.54. The molecule has 0 amide bonds. The molecule has 0 aliphatic rings. The van der Waals surface area contributed by atoms with Crippen LogP contribution in [-0.2, 0) is 11.2 Å². The molecule has 1 aromatic carbocycles. The van der Waals surface area contributed by atoms with Crippen LogP contribution in [0.15, 0.2) is 72.1 Å². The normalized spacial score (nSPS) is 11.0. The molecule has 0 aliphatic heterocycles. The van der Waals surface area contributed by atoms with E-state index in [1.807, 2.05) is 67.7 Å². The van der Waals surface area contributed by atoms with Crippen molar-refractivity contribution in [1.82, 2.24) is 15.0 Å². The minimum absolute atomic E-state index is 0.519. The predicted octanol–water partition coefficient (Wildman–Crippen LogP) is 5.20. The molecular weight excluding hydrogens is 422 g/mol. The van der Waals surface area contributed by atoms with E-state index in [9.17, 15) is 0 Å². The Morgan fingerprint density at radius 2 is 1.84 bits per heavy atom. The summed E-state index contributed by atoms with van der Waals surface area (Å²) < 4.78 is 11.7. The monoisotopic (exact) mass is 449 g/mol. The molecule has 0 bridgehead atoms. The fourth-order valence-corrected chi connectivity index (χ4v) is 3.45. The summed E-state index contributed by atoms with van der Waals surface area (Å²) in [5.41, 5.74) is 6.67. The second kappa shape index (κ2) is 12.5. The number of fused-ring (bicyclic) bond motifs is 1. The van der Waals surface area contributed by atoms with Crippen molar-refractivity contribution in [2.24, 2.45) is 5.10 Å². The maximum absolute atomic E-state index is 5.60. The molecule has 0 spiro atoms. The molecule has 0 atom stereocenters. The number of anilines is 1. The molecule has 0 saturated heterocycles. The zero-order valence-corrected chi connectivity index (χ0v) is 19.3. The second-order valence-corrected chi connectivity index (χ2v) is 7.72. The van der Waals surface area contributed by atoms with Crippen LogP contribution >= 0.6 is 11.3 Å². The highest BCUT2D eigenvalue weighted by atomic mass is 32.1. The van der Waals surface area contributed by atoms with Crippen LogP contribution in [0.25, 0.3) is 10.2 Å². The van der Waals surface area contributed by atoms with Crippen LogP contribution < -0.4 is 10.2 Å². The van der Waals surface area contributed by atoms with Crippen molar-refractivity contribution < 1.29 is 9.47 Å². The number of hydrazone groups is 1. The first kappa shape index (κ1) is 23.3. The summed E-state index contributed by atoms with van der Waals surface area (Å²) in [7, 11) is 1.65. The summed E-state index contributed by atoms with van der Waals surface area (Å²) in [6, 6.07) is 17.5. The summed E-state index contributed by atoms with van der Waals surface area (Å²) in [5.74, 6) is 0.782. The molecule has 0 aliphatic carbocycles. The van der Waals surface area contributed by atoms with Crippen molar-refractivity contribution in [3.8, 4) is 5.75 Å². The molecule has 0 fully saturated rings. The van der Waals surface area contributed by atoms with Gasteiger partial charge in [-0.1, -0.05) is 30.4 Å². The van der Waals surface area contributed by atoms with Crippen molar-refractivity contribution in [2.75, 3.05) is 25.7 Å². The van der Waals surface area contributed by atoms with E-state index in [4.69, 9.17) is 9.47 Å². The largest absolute Gasteiger partial charge is 0.491 e. The van der Waals surface area contributed by atoms with Crippen LogP contribution in [0.4, 0.5) is 5.13 Å². The average Bonchev–Trinajstić information content (AvgIpc) is 3.26. The van der Waals surface area contributed by atoms with Crippen molar-refractivity contribution in [3.05, 3.63) is 78.4 Å². The standard InChI is InChI=1S/C17H18N4O2S.C7H9N/c1-12(14-5-3-4-8-18-14)20-21-17-19-15-11-13(23-10-9-22-2)6-7-16(15)24-17;1-2-7-5-3-4-6-8-7/h3-8,11H,9-10H2,1-2H3,(H,19,21);3-6H,2H2,1H3/b20-12+;. The lowest BCUT2D eigenvalue weighted by Gasteiger charge is -2.04. The number of methoxy groups -OCH3 is 1. The summed E-state index contributed by atoms with van der Waals surface area (Å²) in [6.45, 7) is 5.08. The van der Waals surface area contributed by atoms with Crippen LogP contribution in [0.2, 0.25) is 0 Å². The van der Waals surface area contributed by atoms with Gasteiger partial charge in [0.05, 0.1) is 28.2 Å². The van der Waals surface area contributed by atoms with Gasteiger partial charge in [-0.15, -0.1) is 0 Å². The maximum Gasteiger partial charge on any atom is 0.204 e. The molecule has 0 unspecified atom stereocenters. The van der Waals surface area contributed by atoms with E-state index >= 15 is 0 Å². The number of rotatable bonds is 8.